The zero-order valence-electron chi connectivity index (χ0n) is 10.5. The predicted molar refractivity (Wildman–Crippen MR) is 77.4 cm³/mol. The van der Waals surface area contributed by atoms with Crippen LogP contribution in [0.5, 0.6) is 0 Å². The van der Waals surface area contributed by atoms with E-state index in [-0.39, 0.29) is 11.6 Å². The highest BCUT2D eigenvalue weighted by atomic mass is 35.5. The number of amides is 1. The van der Waals surface area contributed by atoms with Gasteiger partial charge in [-0.25, -0.2) is 0 Å². The molecule has 100 valence electrons. The van der Waals surface area contributed by atoms with Crippen LogP contribution in [0.4, 0.5) is 5.69 Å². The highest BCUT2D eigenvalue weighted by Gasteiger charge is 2.34. The van der Waals surface area contributed by atoms with Gasteiger partial charge in [0.15, 0.2) is 5.71 Å². The number of halogens is 1. The summed E-state index contributed by atoms with van der Waals surface area (Å²) in [4.78, 5) is 13.9. The number of carbonyl (C=O) groups is 1. The molecule has 0 aromatic heterocycles. The zero-order valence-corrected chi connectivity index (χ0v) is 11.2. The predicted octanol–water partition coefficient (Wildman–Crippen LogP) is 3.07. The summed E-state index contributed by atoms with van der Waals surface area (Å²) in [5.74, 6) is -0.325. The molecule has 0 unspecified atom stereocenters. The van der Waals surface area contributed by atoms with Gasteiger partial charge in [-0.3, -0.25) is 4.79 Å². The normalized spacial score (nSPS) is 15.8. The van der Waals surface area contributed by atoms with Gasteiger partial charge in [-0.1, -0.05) is 47.1 Å². The van der Waals surface area contributed by atoms with Crippen molar-refractivity contribution < 1.29 is 10.0 Å². The van der Waals surface area contributed by atoms with Crippen molar-refractivity contribution in [2.24, 2.45) is 5.16 Å². The molecular formula is C15H11ClN2O2. The number of nitrogens with zero attached hydrogens (tertiary/aromatic N) is 2. The van der Waals surface area contributed by atoms with Gasteiger partial charge < -0.3 is 10.1 Å². The molecule has 1 aliphatic rings. The van der Waals surface area contributed by atoms with Crippen LogP contribution in [-0.2, 0) is 11.3 Å². The summed E-state index contributed by atoms with van der Waals surface area (Å²) in [5, 5.41) is 12.7. The second kappa shape index (κ2) is 4.98. The Morgan fingerprint density at radius 3 is 2.60 bits per heavy atom. The molecule has 20 heavy (non-hydrogen) atoms. The monoisotopic (exact) mass is 286 g/mol. The summed E-state index contributed by atoms with van der Waals surface area (Å²) < 4.78 is 0. The lowest BCUT2D eigenvalue weighted by Gasteiger charge is -2.16. The molecule has 2 aromatic carbocycles. The standard InChI is InChI=1S/C15H11ClN2O2/c16-11-6-7-13-12(8-11)14(17-20)15(19)18(13)9-10-4-2-1-3-5-10/h1-8,20H,9H2/b17-14-. The topological polar surface area (TPSA) is 52.9 Å². The van der Waals surface area contributed by atoms with E-state index in [4.69, 9.17) is 16.8 Å². The average molecular weight is 287 g/mol. The van der Waals surface area contributed by atoms with E-state index in [1.807, 2.05) is 30.3 Å². The van der Waals surface area contributed by atoms with Crippen LogP contribution >= 0.6 is 11.6 Å². The lowest BCUT2D eigenvalue weighted by Crippen LogP contribution is -2.29. The van der Waals surface area contributed by atoms with Gasteiger partial charge in [0.25, 0.3) is 5.91 Å². The van der Waals surface area contributed by atoms with Crippen molar-refractivity contribution in [3.8, 4) is 0 Å². The summed E-state index contributed by atoms with van der Waals surface area (Å²) in [6, 6.07) is 14.7. The summed E-state index contributed by atoms with van der Waals surface area (Å²) >= 11 is 5.93. The Kier molecular flexibility index (Phi) is 3.16. The Balaban J connectivity index is 2.03. The van der Waals surface area contributed by atoms with E-state index in [1.165, 1.54) is 0 Å². The largest absolute Gasteiger partial charge is 0.410 e. The van der Waals surface area contributed by atoms with Crippen LogP contribution in [0.15, 0.2) is 53.7 Å². The first-order chi connectivity index (χ1) is 9.70. The lowest BCUT2D eigenvalue weighted by molar-refractivity contribution is -0.112. The van der Waals surface area contributed by atoms with E-state index in [0.717, 1.165) is 5.56 Å². The molecule has 0 saturated heterocycles. The fraction of sp³-hybridized carbons (Fsp3) is 0.0667. The van der Waals surface area contributed by atoms with Crippen LogP contribution in [0.2, 0.25) is 5.02 Å². The molecule has 5 heteroatoms. The van der Waals surface area contributed by atoms with Crippen molar-refractivity contribution in [1.82, 2.24) is 0 Å². The zero-order chi connectivity index (χ0) is 14.1. The van der Waals surface area contributed by atoms with Crippen LogP contribution in [0.25, 0.3) is 0 Å². The van der Waals surface area contributed by atoms with Gasteiger partial charge in [0.2, 0.25) is 0 Å². The fourth-order valence-corrected chi connectivity index (χ4v) is 2.48. The molecule has 1 amide bonds. The van der Waals surface area contributed by atoms with Gasteiger partial charge in [-0.2, -0.15) is 0 Å². The molecule has 1 aliphatic heterocycles. The Bertz CT molecular complexity index is 698. The third-order valence-electron chi connectivity index (χ3n) is 3.24. The average Bonchev–Trinajstić information content (AvgIpc) is 2.71. The number of hydrogen-bond acceptors (Lipinski definition) is 3. The summed E-state index contributed by atoms with van der Waals surface area (Å²) in [5.41, 5.74) is 2.29. The number of fused-ring (bicyclic) bond motifs is 1. The van der Waals surface area contributed by atoms with E-state index >= 15 is 0 Å². The number of rotatable bonds is 2. The minimum atomic E-state index is -0.325. The molecule has 0 bridgehead atoms. The molecule has 0 fully saturated rings. The molecule has 4 nitrogen and oxygen atoms in total. The van der Waals surface area contributed by atoms with Gasteiger partial charge in [-0.15, -0.1) is 0 Å². The van der Waals surface area contributed by atoms with Crippen molar-refractivity contribution >= 4 is 28.9 Å². The van der Waals surface area contributed by atoms with Crippen molar-refractivity contribution in [3.05, 3.63) is 64.7 Å². The maximum atomic E-state index is 12.3. The Labute approximate surface area is 120 Å². The first-order valence-electron chi connectivity index (χ1n) is 6.08. The fourth-order valence-electron chi connectivity index (χ4n) is 2.31. The molecule has 3 rings (SSSR count). The second-order valence-electron chi connectivity index (χ2n) is 4.49. The molecule has 1 N–H and O–H groups in total. The first kappa shape index (κ1) is 12.7. The number of oxime groups is 1. The molecule has 0 aliphatic carbocycles. The van der Waals surface area contributed by atoms with E-state index in [1.54, 1.807) is 23.1 Å². The van der Waals surface area contributed by atoms with Gasteiger partial charge in [-0.05, 0) is 23.8 Å². The molecular weight excluding hydrogens is 276 g/mol. The minimum Gasteiger partial charge on any atom is -0.410 e. The summed E-state index contributed by atoms with van der Waals surface area (Å²) in [6.07, 6.45) is 0. The molecule has 0 spiro atoms. The lowest BCUT2D eigenvalue weighted by atomic mass is 10.1. The Morgan fingerprint density at radius 2 is 1.90 bits per heavy atom. The minimum absolute atomic E-state index is 0.0263. The Hall–Kier alpha value is -2.33. The summed E-state index contributed by atoms with van der Waals surface area (Å²) in [6.45, 7) is 0.424. The van der Waals surface area contributed by atoms with Crippen molar-refractivity contribution in [2.75, 3.05) is 4.90 Å². The molecule has 0 saturated carbocycles. The summed E-state index contributed by atoms with van der Waals surface area (Å²) in [7, 11) is 0. The van der Waals surface area contributed by atoms with Crippen LogP contribution in [-0.4, -0.2) is 16.8 Å². The third kappa shape index (κ3) is 2.04. The number of carbonyl (C=O) groups excluding carboxylic acids is 1. The van der Waals surface area contributed by atoms with Crippen LogP contribution < -0.4 is 4.90 Å². The quantitative estimate of drug-likeness (QED) is 0.681. The highest BCUT2D eigenvalue weighted by molar-refractivity contribution is 6.54. The van der Waals surface area contributed by atoms with Crippen molar-refractivity contribution in [3.63, 3.8) is 0 Å². The molecule has 2 aromatic rings. The van der Waals surface area contributed by atoms with Crippen LogP contribution in [0, 0.1) is 0 Å². The Morgan fingerprint density at radius 1 is 1.15 bits per heavy atom. The highest BCUT2D eigenvalue weighted by Crippen LogP contribution is 2.32. The third-order valence-corrected chi connectivity index (χ3v) is 3.47. The SMILES string of the molecule is O=C1/C(=N\O)c2cc(Cl)ccc2N1Cc1ccccc1. The molecule has 1 heterocycles. The number of benzene rings is 2. The second-order valence-corrected chi connectivity index (χ2v) is 4.92. The van der Waals surface area contributed by atoms with E-state index in [0.29, 0.717) is 22.8 Å². The van der Waals surface area contributed by atoms with Gasteiger partial charge in [0, 0.05) is 10.6 Å². The number of hydrogen-bond donors (Lipinski definition) is 1. The molecule has 0 atom stereocenters. The molecule has 0 radical (unpaired) electrons. The van der Waals surface area contributed by atoms with Gasteiger partial charge in [0.05, 0.1) is 12.2 Å². The maximum Gasteiger partial charge on any atom is 0.281 e. The smallest absolute Gasteiger partial charge is 0.281 e. The van der Waals surface area contributed by atoms with Crippen molar-refractivity contribution in [1.29, 1.82) is 0 Å². The van der Waals surface area contributed by atoms with E-state index < -0.39 is 0 Å². The van der Waals surface area contributed by atoms with E-state index in [2.05, 4.69) is 5.16 Å². The number of anilines is 1. The van der Waals surface area contributed by atoms with Crippen molar-refractivity contribution in [2.45, 2.75) is 6.54 Å². The van der Waals surface area contributed by atoms with Crippen LogP contribution in [0.1, 0.15) is 11.1 Å². The van der Waals surface area contributed by atoms with Gasteiger partial charge >= 0.3 is 0 Å². The first-order valence-corrected chi connectivity index (χ1v) is 6.46. The van der Waals surface area contributed by atoms with E-state index in [9.17, 15) is 4.79 Å². The maximum absolute atomic E-state index is 12.3. The van der Waals surface area contributed by atoms with Crippen LogP contribution in [0.3, 0.4) is 0 Å². The van der Waals surface area contributed by atoms with Gasteiger partial charge in [0.1, 0.15) is 0 Å².